The average Bonchev–Trinajstić information content (AvgIpc) is 2.88. The molecular weight excluding hydrogens is 366 g/mol. The zero-order valence-electron chi connectivity index (χ0n) is 16.3. The fourth-order valence-electron chi connectivity index (χ4n) is 2.65. The highest BCUT2D eigenvalue weighted by Crippen LogP contribution is 2.30. The number of fused-ring (bicyclic) bond motifs is 1. The number of aromatic nitrogens is 2. The maximum absolute atomic E-state index is 12.6. The summed E-state index contributed by atoms with van der Waals surface area (Å²) in [5, 5.41) is 4.13. The lowest BCUT2D eigenvalue weighted by atomic mass is 9.98. The largest absolute Gasteiger partial charge is 0.355 e. The topological polar surface area (TPSA) is 74.8 Å². The predicted molar refractivity (Wildman–Crippen MR) is 111 cm³/mol. The summed E-state index contributed by atoms with van der Waals surface area (Å²) in [6, 6.07) is 0. The van der Waals surface area contributed by atoms with E-state index in [-0.39, 0.29) is 17.2 Å². The van der Waals surface area contributed by atoms with Gasteiger partial charge in [0.05, 0.1) is 11.1 Å². The second-order valence-electron chi connectivity index (χ2n) is 7.23. The molecule has 1 amide bonds. The summed E-state index contributed by atoms with van der Waals surface area (Å²) in [5.74, 6) is 1.33. The van der Waals surface area contributed by atoms with Gasteiger partial charge in [-0.15, -0.1) is 11.3 Å². The number of hydrogen-bond donors (Lipinski definition) is 2. The number of hydrogen-bond acceptors (Lipinski definition) is 5. The summed E-state index contributed by atoms with van der Waals surface area (Å²) in [4.78, 5) is 33.9. The Morgan fingerprint density at radius 2 is 2.08 bits per heavy atom. The Balaban J connectivity index is 2.09. The molecule has 0 radical (unpaired) electrons. The lowest BCUT2D eigenvalue weighted by Gasteiger charge is -2.08. The van der Waals surface area contributed by atoms with Gasteiger partial charge in [-0.05, 0) is 37.2 Å². The van der Waals surface area contributed by atoms with Crippen LogP contribution in [0.3, 0.4) is 0 Å². The number of thioether (sulfide) groups is 1. The highest BCUT2D eigenvalue weighted by Gasteiger charge is 2.17. The second kappa shape index (κ2) is 9.55. The molecule has 2 rings (SSSR count). The van der Waals surface area contributed by atoms with Gasteiger partial charge in [-0.1, -0.05) is 45.9 Å². The van der Waals surface area contributed by atoms with E-state index in [0.717, 1.165) is 39.9 Å². The second-order valence-corrected chi connectivity index (χ2v) is 9.39. The summed E-state index contributed by atoms with van der Waals surface area (Å²) >= 11 is 2.84. The molecule has 26 heavy (non-hydrogen) atoms. The first-order valence-electron chi connectivity index (χ1n) is 9.23. The molecule has 2 aromatic heterocycles. The number of thiophene rings is 1. The molecule has 0 fully saturated rings. The summed E-state index contributed by atoms with van der Waals surface area (Å²) in [6.07, 6.45) is 2.95. The van der Waals surface area contributed by atoms with Crippen LogP contribution in [0, 0.1) is 18.8 Å². The molecule has 0 aliphatic carbocycles. The highest BCUT2D eigenvalue weighted by molar-refractivity contribution is 7.99. The van der Waals surface area contributed by atoms with Crippen LogP contribution in [-0.2, 0) is 11.2 Å². The van der Waals surface area contributed by atoms with E-state index in [0.29, 0.717) is 23.5 Å². The quantitative estimate of drug-likeness (QED) is 0.494. The van der Waals surface area contributed by atoms with Gasteiger partial charge < -0.3 is 10.3 Å². The van der Waals surface area contributed by atoms with E-state index >= 15 is 0 Å². The van der Waals surface area contributed by atoms with Gasteiger partial charge >= 0.3 is 0 Å². The van der Waals surface area contributed by atoms with Crippen molar-refractivity contribution >= 4 is 39.2 Å². The van der Waals surface area contributed by atoms with Gasteiger partial charge in [-0.2, -0.15) is 0 Å². The number of nitrogens with zero attached hydrogens (tertiary/aromatic N) is 1. The molecule has 0 aliphatic rings. The molecule has 0 spiro atoms. The molecule has 0 saturated heterocycles. The average molecular weight is 396 g/mol. The smallest absolute Gasteiger partial charge is 0.260 e. The fraction of sp³-hybridized carbons (Fsp3) is 0.632. The molecule has 2 heterocycles. The summed E-state index contributed by atoms with van der Waals surface area (Å²) in [6.45, 7) is 11.4. The predicted octanol–water partition coefficient (Wildman–Crippen LogP) is 4.14. The lowest BCUT2D eigenvalue weighted by Crippen LogP contribution is -2.27. The van der Waals surface area contributed by atoms with Crippen LogP contribution in [0.15, 0.2) is 9.95 Å². The Bertz CT molecular complexity index is 811. The van der Waals surface area contributed by atoms with E-state index in [1.54, 1.807) is 11.3 Å². The van der Waals surface area contributed by atoms with E-state index in [1.807, 2.05) is 0 Å². The van der Waals surface area contributed by atoms with Crippen molar-refractivity contribution < 1.29 is 4.79 Å². The zero-order valence-corrected chi connectivity index (χ0v) is 17.9. The minimum Gasteiger partial charge on any atom is -0.355 e. The maximum Gasteiger partial charge on any atom is 0.260 e. The zero-order chi connectivity index (χ0) is 19.3. The minimum atomic E-state index is -0.0969. The minimum absolute atomic E-state index is 0.0294. The van der Waals surface area contributed by atoms with Gasteiger partial charge in [0.15, 0.2) is 5.16 Å². The highest BCUT2D eigenvalue weighted by atomic mass is 32.2. The molecule has 1 atom stereocenters. The third-order valence-corrected chi connectivity index (χ3v) is 6.39. The van der Waals surface area contributed by atoms with Crippen molar-refractivity contribution in [3.8, 4) is 0 Å². The van der Waals surface area contributed by atoms with Crippen molar-refractivity contribution in [2.24, 2.45) is 11.8 Å². The molecule has 0 bridgehead atoms. The molecule has 7 heteroatoms. The Hall–Kier alpha value is -1.34. The van der Waals surface area contributed by atoms with Crippen LogP contribution in [0.5, 0.6) is 0 Å². The summed E-state index contributed by atoms with van der Waals surface area (Å²) in [7, 11) is 0. The molecule has 0 aliphatic heterocycles. The van der Waals surface area contributed by atoms with E-state index < -0.39 is 0 Å². The van der Waals surface area contributed by atoms with Crippen molar-refractivity contribution in [3.05, 3.63) is 20.8 Å². The summed E-state index contributed by atoms with van der Waals surface area (Å²) in [5.41, 5.74) is 1.02. The maximum atomic E-state index is 12.6. The molecular formula is C19H29N3O2S2. The van der Waals surface area contributed by atoms with Crippen LogP contribution < -0.4 is 10.9 Å². The van der Waals surface area contributed by atoms with Crippen molar-refractivity contribution in [1.82, 2.24) is 15.3 Å². The third-order valence-electron chi connectivity index (χ3n) is 4.47. The van der Waals surface area contributed by atoms with Crippen LogP contribution >= 0.6 is 23.1 Å². The molecule has 2 aromatic rings. The Morgan fingerprint density at radius 1 is 1.35 bits per heavy atom. The SMILES string of the molecule is CC[C@H](C)Cc1c(C)sc2nc(SCC(=O)NCCC(C)C)[nH]c(=O)c12. The van der Waals surface area contributed by atoms with Crippen molar-refractivity contribution in [2.75, 3.05) is 12.3 Å². The molecule has 0 unspecified atom stereocenters. The Morgan fingerprint density at radius 3 is 2.73 bits per heavy atom. The third kappa shape index (κ3) is 5.58. The number of amides is 1. The normalized spacial score (nSPS) is 12.7. The van der Waals surface area contributed by atoms with Gasteiger partial charge in [0.1, 0.15) is 4.83 Å². The van der Waals surface area contributed by atoms with Crippen LogP contribution in [0.2, 0.25) is 0 Å². The molecule has 144 valence electrons. The fourth-order valence-corrected chi connectivity index (χ4v) is 4.45. The van der Waals surface area contributed by atoms with Crippen molar-refractivity contribution in [3.63, 3.8) is 0 Å². The molecule has 2 N–H and O–H groups in total. The summed E-state index contributed by atoms with van der Waals surface area (Å²) < 4.78 is 0. The van der Waals surface area contributed by atoms with Gasteiger partial charge in [-0.3, -0.25) is 9.59 Å². The van der Waals surface area contributed by atoms with Crippen LogP contribution in [0.1, 0.15) is 51.0 Å². The number of carbonyl (C=O) groups is 1. The lowest BCUT2D eigenvalue weighted by molar-refractivity contribution is -0.118. The van der Waals surface area contributed by atoms with Gasteiger partial charge in [-0.25, -0.2) is 4.98 Å². The van der Waals surface area contributed by atoms with E-state index in [4.69, 9.17) is 0 Å². The monoisotopic (exact) mass is 395 g/mol. The van der Waals surface area contributed by atoms with E-state index in [2.05, 4.69) is 49.9 Å². The number of rotatable bonds is 9. The molecule has 0 saturated carbocycles. The van der Waals surface area contributed by atoms with Crippen molar-refractivity contribution in [2.45, 2.75) is 59.0 Å². The van der Waals surface area contributed by atoms with Crippen LogP contribution in [-0.4, -0.2) is 28.2 Å². The number of aromatic amines is 1. The first kappa shape index (κ1) is 21.0. The number of aryl methyl sites for hydroxylation is 1. The van der Waals surface area contributed by atoms with Gasteiger partial charge in [0.2, 0.25) is 5.91 Å². The Kier molecular flexibility index (Phi) is 7.70. The van der Waals surface area contributed by atoms with Crippen LogP contribution in [0.25, 0.3) is 10.2 Å². The van der Waals surface area contributed by atoms with E-state index in [9.17, 15) is 9.59 Å². The molecule has 0 aromatic carbocycles. The van der Waals surface area contributed by atoms with Gasteiger partial charge in [0, 0.05) is 11.4 Å². The standard InChI is InChI=1S/C19H29N3O2S2/c1-6-12(4)9-14-13(5)26-18-16(14)17(24)21-19(22-18)25-10-15(23)20-8-7-11(2)3/h11-12H,6-10H2,1-5H3,(H,20,23)(H,21,22,24)/t12-/m0/s1. The van der Waals surface area contributed by atoms with Crippen LogP contribution in [0.4, 0.5) is 0 Å². The van der Waals surface area contributed by atoms with Gasteiger partial charge in [0.25, 0.3) is 5.56 Å². The van der Waals surface area contributed by atoms with Crippen molar-refractivity contribution in [1.29, 1.82) is 0 Å². The first-order chi connectivity index (χ1) is 12.3. The number of nitrogens with one attached hydrogen (secondary N) is 2. The van der Waals surface area contributed by atoms with E-state index in [1.165, 1.54) is 11.8 Å². The molecule has 5 nitrogen and oxygen atoms in total. The first-order valence-corrected chi connectivity index (χ1v) is 11.0. The number of carbonyl (C=O) groups excluding carboxylic acids is 1. The number of H-pyrrole nitrogens is 1. The Labute approximate surface area is 163 Å².